The molecule has 4 heteroatoms. The maximum atomic E-state index is 13.4. The summed E-state index contributed by atoms with van der Waals surface area (Å²) in [5.74, 6) is 0.342. The Balaban J connectivity index is 2.88. The first-order valence-electron chi connectivity index (χ1n) is 3.64. The minimum absolute atomic E-state index is 0.240. The van der Waals surface area contributed by atoms with Gasteiger partial charge in [0.25, 0.3) is 0 Å². The number of rotatable bonds is 1. The van der Waals surface area contributed by atoms with Gasteiger partial charge in [0.05, 0.1) is 12.5 Å². The molecule has 1 aromatic carbocycles. The monoisotopic (exact) mass is 260 g/mol. The molecule has 1 heterocycles. The third-order valence-corrected chi connectivity index (χ3v) is 3.56. The van der Waals surface area contributed by atoms with E-state index in [4.69, 9.17) is 4.74 Å². The fourth-order valence-electron chi connectivity index (χ4n) is 1.23. The highest BCUT2D eigenvalue weighted by atomic mass is 79.9. The van der Waals surface area contributed by atoms with Crippen LogP contribution in [0.3, 0.4) is 0 Å². The molecule has 0 unspecified atom stereocenters. The highest BCUT2D eigenvalue weighted by Gasteiger charge is 2.13. The predicted octanol–water partition coefficient (Wildman–Crippen LogP) is 3.81. The summed E-state index contributed by atoms with van der Waals surface area (Å²) in [7, 11) is 1.54. The molecule has 0 aliphatic carbocycles. The van der Waals surface area contributed by atoms with Crippen LogP contribution in [0.4, 0.5) is 4.39 Å². The Morgan fingerprint density at radius 1 is 1.46 bits per heavy atom. The van der Waals surface area contributed by atoms with E-state index in [1.54, 1.807) is 13.2 Å². The average molecular weight is 261 g/mol. The number of methoxy groups -OCH3 is 1. The zero-order valence-corrected chi connectivity index (χ0v) is 9.21. The molecule has 0 amide bonds. The van der Waals surface area contributed by atoms with Crippen molar-refractivity contribution in [2.24, 2.45) is 0 Å². The molecule has 0 saturated carbocycles. The molecule has 2 rings (SSSR count). The molecule has 0 bridgehead atoms. The van der Waals surface area contributed by atoms with Gasteiger partial charge < -0.3 is 4.74 Å². The lowest BCUT2D eigenvalue weighted by atomic mass is 10.2. The fourth-order valence-corrected chi connectivity index (χ4v) is 3.03. The highest BCUT2D eigenvalue weighted by Crippen LogP contribution is 2.42. The lowest BCUT2D eigenvalue weighted by Crippen LogP contribution is -1.82. The van der Waals surface area contributed by atoms with Crippen molar-refractivity contribution in [3.8, 4) is 5.75 Å². The van der Waals surface area contributed by atoms with Gasteiger partial charge in [-0.2, -0.15) is 0 Å². The van der Waals surface area contributed by atoms with E-state index in [1.165, 1.54) is 17.4 Å². The van der Waals surface area contributed by atoms with Gasteiger partial charge in [-0.25, -0.2) is 4.39 Å². The van der Waals surface area contributed by atoms with E-state index in [0.717, 1.165) is 8.49 Å². The molecule has 0 spiro atoms. The molecule has 0 N–H and O–H groups in total. The van der Waals surface area contributed by atoms with Crippen molar-refractivity contribution in [2.75, 3.05) is 7.11 Å². The Morgan fingerprint density at radius 2 is 2.23 bits per heavy atom. The Bertz CT molecular complexity index is 452. The van der Waals surface area contributed by atoms with Crippen molar-refractivity contribution in [1.29, 1.82) is 0 Å². The van der Waals surface area contributed by atoms with Crippen LogP contribution in [0.15, 0.2) is 22.0 Å². The van der Waals surface area contributed by atoms with E-state index in [1.807, 2.05) is 6.07 Å². The quantitative estimate of drug-likeness (QED) is 0.758. The van der Waals surface area contributed by atoms with E-state index in [9.17, 15) is 4.39 Å². The number of ether oxygens (including phenoxy) is 1. The minimum atomic E-state index is -0.240. The van der Waals surface area contributed by atoms with E-state index in [2.05, 4.69) is 15.9 Å². The Hall–Kier alpha value is -0.610. The zero-order valence-electron chi connectivity index (χ0n) is 6.80. The first-order chi connectivity index (χ1) is 6.24. The lowest BCUT2D eigenvalue weighted by Gasteiger charge is -1.98. The molecule has 0 atom stereocenters. The van der Waals surface area contributed by atoms with Crippen molar-refractivity contribution in [1.82, 2.24) is 0 Å². The lowest BCUT2D eigenvalue weighted by molar-refractivity contribution is 0.417. The van der Waals surface area contributed by atoms with Crippen LogP contribution in [-0.4, -0.2) is 7.11 Å². The Kier molecular flexibility index (Phi) is 2.26. The maximum absolute atomic E-state index is 13.4. The number of benzene rings is 1. The molecule has 13 heavy (non-hydrogen) atoms. The summed E-state index contributed by atoms with van der Waals surface area (Å²) in [6, 6.07) is 5.00. The Labute approximate surface area is 87.3 Å². The summed E-state index contributed by atoms with van der Waals surface area (Å²) in [6.07, 6.45) is 0. The van der Waals surface area contributed by atoms with Gasteiger partial charge in [-0.15, -0.1) is 11.3 Å². The van der Waals surface area contributed by atoms with Crippen LogP contribution in [-0.2, 0) is 0 Å². The number of halogens is 2. The average Bonchev–Trinajstić information content (AvgIpc) is 2.42. The number of hydrogen-bond acceptors (Lipinski definition) is 2. The molecule has 0 radical (unpaired) electrons. The third kappa shape index (κ3) is 1.34. The van der Waals surface area contributed by atoms with Crippen LogP contribution in [0, 0.1) is 5.82 Å². The number of thiophene rings is 1. The third-order valence-electron chi connectivity index (χ3n) is 1.78. The van der Waals surface area contributed by atoms with Crippen LogP contribution >= 0.6 is 27.3 Å². The van der Waals surface area contributed by atoms with Crippen LogP contribution in [0.2, 0.25) is 0 Å². The van der Waals surface area contributed by atoms with Crippen molar-refractivity contribution >= 4 is 37.4 Å². The largest absolute Gasteiger partial charge is 0.494 e. The Morgan fingerprint density at radius 3 is 2.92 bits per heavy atom. The molecular weight excluding hydrogens is 255 g/mol. The highest BCUT2D eigenvalue weighted by molar-refractivity contribution is 9.11. The topological polar surface area (TPSA) is 9.23 Å². The predicted molar refractivity (Wildman–Crippen MR) is 56.0 cm³/mol. The second-order valence-electron chi connectivity index (χ2n) is 2.52. The molecule has 0 fully saturated rings. The normalized spacial score (nSPS) is 10.7. The zero-order chi connectivity index (χ0) is 9.42. The van der Waals surface area contributed by atoms with Crippen molar-refractivity contribution in [2.45, 2.75) is 0 Å². The fraction of sp³-hybridized carbons (Fsp3) is 0.111. The van der Waals surface area contributed by atoms with Gasteiger partial charge in [0, 0.05) is 4.70 Å². The smallest absolute Gasteiger partial charge is 0.154 e. The maximum Gasteiger partial charge on any atom is 0.154 e. The second kappa shape index (κ2) is 3.27. The van der Waals surface area contributed by atoms with E-state index in [0.29, 0.717) is 11.1 Å². The van der Waals surface area contributed by atoms with Crippen molar-refractivity contribution in [3.05, 3.63) is 27.8 Å². The first kappa shape index (κ1) is 8.97. The van der Waals surface area contributed by atoms with E-state index >= 15 is 0 Å². The molecular formula is C9H6BrFOS. The van der Waals surface area contributed by atoms with Gasteiger partial charge >= 0.3 is 0 Å². The van der Waals surface area contributed by atoms with Gasteiger partial charge in [-0.3, -0.25) is 0 Å². The molecule has 1 nitrogen and oxygen atoms in total. The number of hydrogen-bond donors (Lipinski definition) is 0. The van der Waals surface area contributed by atoms with Crippen LogP contribution in [0.5, 0.6) is 5.75 Å². The summed E-state index contributed by atoms with van der Waals surface area (Å²) >= 11 is 4.80. The van der Waals surface area contributed by atoms with Gasteiger partial charge in [-0.05, 0) is 28.1 Å². The SMILES string of the molecule is COc1c(Br)sc2cccc(F)c12. The molecule has 0 aliphatic rings. The van der Waals surface area contributed by atoms with Crippen LogP contribution in [0.25, 0.3) is 10.1 Å². The van der Waals surface area contributed by atoms with E-state index in [-0.39, 0.29) is 5.82 Å². The first-order valence-corrected chi connectivity index (χ1v) is 5.25. The van der Waals surface area contributed by atoms with Crippen LogP contribution < -0.4 is 4.74 Å². The second-order valence-corrected chi connectivity index (χ2v) is 4.89. The van der Waals surface area contributed by atoms with Gasteiger partial charge in [0.1, 0.15) is 9.60 Å². The summed E-state index contributed by atoms with van der Waals surface area (Å²) in [5, 5.41) is 0.557. The minimum Gasteiger partial charge on any atom is -0.494 e. The standard InChI is InChI=1S/C9H6BrFOS/c1-12-8-7-5(11)3-2-4-6(7)13-9(8)10/h2-4H,1H3. The summed E-state index contributed by atoms with van der Waals surface area (Å²) in [6.45, 7) is 0. The van der Waals surface area contributed by atoms with Gasteiger partial charge in [0.15, 0.2) is 5.75 Å². The van der Waals surface area contributed by atoms with Crippen LogP contribution in [0.1, 0.15) is 0 Å². The molecule has 68 valence electrons. The molecule has 0 saturated heterocycles. The van der Waals surface area contributed by atoms with Crippen molar-refractivity contribution in [3.63, 3.8) is 0 Å². The summed E-state index contributed by atoms with van der Waals surface area (Å²) < 4.78 is 20.2. The molecule has 0 aliphatic heterocycles. The molecule has 2 aromatic rings. The summed E-state index contributed by atoms with van der Waals surface area (Å²) in [5.41, 5.74) is 0. The van der Waals surface area contributed by atoms with Gasteiger partial charge in [0.2, 0.25) is 0 Å². The summed E-state index contributed by atoms with van der Waals surface area (Å²) in [4.78, 5) is 0. The number of fused-ring (bicyclic) bond motifs is 1. The van der Waals surface area contributed by atoms with Gasteiger partial charge in [-0.1, -0.05) is 6.07 Å². The van der Waals surface area contributed by atoms with Crippen molar-refractivity contribution < 1.29 is 9.13 Å². The molecule has 1 aromatic heterocycles. The van der Waals surface area contributed by atoms with E-state index < -0.39 is 0 Å².